The molecule has 0 aliphatic heterocycles. The Kier molecular flexibility index (Phi) is 6.47. The summed E-state index contributed by atoms with van der Waals surface area (Å²) >= 11 is 0. The van der Waals surface area contributed by atoms with Crippen molar-refractivity contribution in [2.45, 2.75) is 39.7 Å². The van der Waals surface area contributed by atoms with Crippen molar-refractivity contribution in [3.05, 3.63) is 70.6 Å². The Morgan fingerprint density at radius 2 is 1.96 bits per heavy atom. The third kappa shape index (κ3) is 5.02. The van der Waals surface area contributed by atoms with E-state index in [1.165, 1.54) is 6.08 Å². The molecule has 4 heteroatoms. The lowest BCUT2D eigenvalue weighted by Crippen LogP contribution is -2.29. The Morgan fingerprint density at radius 3 is 2.56 bits per heavy atom. The Labute approximate surface area is 149 Å². The van der Waals surface area contributed by atoms with E-state index in [-0.39, 0.29) is 17.5 Å². The minimum absolute atomic E-state index is 0.0628. The van der Waals surface area contributed by atoms with Gasteiger partial charge in [0, 0.05) is 5.69 Å². The van der Waals surface area contributed by atoms with Crippen molar-refractivity contribution in [3.63, 3.8) is 0 Å². The molecule has 0 spiro atoms. The van der Waals surface area contributed by atoms with E-state index in [9.17, 15) is 10.1 Å². The van der Waals surface area contributed by atoms with Crippen molar-refractivity contribution >= 4 is 12.0 Å². The van der Waals surface area contributed by atoms with Gasteiger partial charge in [-0.1, -0.05) is 49.7 Å². The quantitative estimate of drug-likeness (QED) is 0.634. The molecule has 1 aromatic heterocycles. The second-order valence-electron chi connectivity index (χ2n) is 6.03. The lowest BCUT2D eigenvalue weighted by atomic mass is 10.0. The molecule has 0 radical (unpaired) electrons. The predicted octanol–water partition coefficient (Wildman–Crippen LogP) is 4.26. The summed E-state index contributed by atoms with van der Waals surface area (Å²) in [5, 5.41) is 12.4. The number of aryl methyl sites for hydroxylation is 2. The Bertz CT molecular complexity index is 804. The zero-order valence-corrected chi connectivity index (χ0v) is 14.9. The number of rotatable bonds is 6. The smallest absolute Gasteiger partial charge is 0.262 e. The highest BCUT2D eigenvalue weighted by molar-refractivity contribution is 6.01. The molecule has 1 N–H and O–H groups in total. The summed E-state index contributed by atoms with van der Waals surface area (Å²) in [4.78, 5) is 17.0. The van der Waals surface area contributed by atoms with Gasteiger partial charge in [0.25, 0.3) is 5.91 Å². The fraction of sp³-hybridized carbons (Fsp3) is 0.286. The fourth-order valence-electron chi connectivity index (χ4n) is 2.56. The first kappa shape index (κ1) is 18.4. The van der Waals surface area contributed by atoms with E-state index >= 15 is 0 Å². The van der Waals surface area contributed by atoms with Gasteiger partial charge >= 0.3 is 0 Å². The molecule has 1 heterocycles. The summed E-state index contributed by atoms with van der Waals surface area (Å²) in [6, 6.07) is 15.4. The van der Waals surface area contributed by atoms with E-state index in [0.717, 1.165) is 29.7 Å². The Balaban J connectivity index is 2.22. The van der Waals surface area contributed by atoms with Crippen molar-refractivity contribution in [1.29, 1.82) is 5.26 Å². The van der Waals surface area contributed by atoms with Gasteiger partial charge in [0.15, 0.2) is 0 Å². The van der Waals surface area contributed by atoms with Crippen molar-refractivity contribution in [3.8, 4) is 6.07 Å². The maximum absolute atomic E-state index is 12.6. The highest BCUT2D eigenvalue weighted by Crippen LogP contribution is 2.19. The molecule has 25 heavy (non-hydrogen) atoms. The summed E-state index contributed by atoms with van der Waals surface area (Å²) in [5.41, 5.74) is 3.68. The molecular weight excluding hydrogens is 310 g/mol. The van der Waals surface area contributed by atoms with Crippen LogP contribution in [0, 0.1) is 25.2 Å². The van der Waals surface area contributed by atoms with Crippen LogP contribution in [0.4, 0.5) is 0 Å². The van der Waals surface area contributed by atoms with Crippen LogP contribution in [0.25, 0.3) is 6.08 Å². The van der Waals surface area contributed by atoms with E-state index < -0.39 is 0 Å². The molecule has 0 aliphatic carbocycles. The van der Waals surface area contributed by atoms with E-state index in [1.807, 2.05) is 62.4 Å². The Hall–Kier alpha value is -2.93. The van der Waals surface area contributed by atoms with Gasteiger partial charge in [-0.3, -0.25) is 9.78 Å². The van der Waals surface area contributed by atoms with Gasteiger partial charge < -0.3 is 5.32 Å². The molecule has 4 nitrogen and oxygen atoms in total. The van der Waals surface area contributed by atoms with E-state index in [1.54, 1.807) is 0 Å². The summed E-state index contributed by atoms with van der Waals surface area (Å²) in [6.45, 7) is 5.95. The van der Waals surface area contributed by atoms with E-state index in [4.69, 9.17) is 0 Å². The second-order valence-corrected chi connectivity index (χ2v) is 6.03. The van der Waals surface area contributed by atoms with Crippen LogP contribution in [0.3, 0.4) is 0 Å². The zero-order chi connectivity index (χ0) is 18.2. The molecule has 0 saturated carbocycles. The molecule has 0 fully saturated rings. The normalized spacial score (nSPS) is 12.3. The highest BCUT2D eigenvalue weighted by Gasteiger charge is 2.17. The van der Waals surface area contributed by atoms with Crippen molar-refractivity contribution < 1.29 is 4.79 Å². The fourth-order valence-corrected chi connectivity index (χ4v) is 2.56. The van der Waals surface area contributed by atoms with Gasteiger partial charge in [-0.15, -0.1) is 0 Å². The molecule has 1 aromatic carbocycles. The topological polar surface area (TPSA) is 65.8 Å². The van der Waals surface area contributed by atoms with Gasteiger partial charge in [-0.25, -0.2) is 0 Å². The summed E-state index contributed by atoms with van der Waals surface area (Å²) < 4.78 is 0. The van der Waals surface area contributed by atoms with Gasteiger partial charge in [0.2, 0.25) is 0 Å². The third-order valence-corrected chi connectivity index (χ3v) is 4.11. The van der Waals surface area contributed by atoms with Gasteiger partial charge in [0.05, 0.1) is 11.7 Å². The number of benzene rings is 1. The largest absolute Gasteiger partial charge is 0.345 e. The van der Waals surface area contributed by atoms with Crippen LogP contribution >= 0.6 is 0 Å². The molecule has 0 bridgehead atoms. The average molecular weight is 333 g/mol. The third-order valence-electron chi connectivity index (χ3n) is 4.11. The number of amides is 1. The minimum Gasteiger partial charge on any atom is -0.345 e. The minimum atomic E-state index is -0.371. The van der Waals surface area contributed by atoms with Crippen LogP contribution in [0.2, 0.25) is 0 Å². The van der Waals surface area contributed by atoms with Gasteiger partial charge in [-0.2, -0.15) is 5.26 Å². The van der Waals surface area contributed by atoms with Crippen LogP contribution in [-0.2, 0) is 4.79 Å². The average Bonchev–Trinajstić information content (AvgIpc) is 2.62. The number of hydrogen-bond donors (Lipinski definition) is 1. The molecule has 128 valence electrons. The van der Waals surface area contributed by atoms with Crippen LogP contribution in [0.1, 0.15) is 48.3 Å². The summed E-state index contributed by atoms with van der Waals surface area (Å²) in [7, 11) is 0. The molecular formula is C21H23N3O. The zero-order valence-electron chi connectivity index (χ0n) is 14.9. The van der Waals surface area contributed by atoms with Crippen LogP contribution in [0.15, 0.2) is 48.0 Å². The van der Waals surface area contributed by atoms with Crippen molar-refractivity contribution in [1.82, 2.24) is 10.3 Å². The van der Waals surface area contributed by atoms with E-state index in [2.05, 4.69) is 17.2 Å². The lowest BCUT2D eigenvalue weighted by Gasteiger charge is -2.18. The van der Waals surface area contributed by atoms with Crippen LogP contribution in [0.5, 0.6) is 0 Å². The Morgan fingerprint density at radius 1 is 1.24 bits per heavy atom. The maximum Gasteiger partial charge on any atom is 0.262 e. The highest BCUT2D eigenvalue weighted by atomic mass is 16.1. The molecule has 1 unspecified atom stereocenters. The number of carbonyl (C=O) groups is 1. The summed E-state index contributed by atoms with van der Waals surface area (Å²) in [6.07, 6.45) is 3.29. The van der Waals surface area contributed by atoms with Gasteiger partial charge in [0.1, 0.15) is 11.6 Å². The van der Waals surface area contributed by atoms with Crippen molar-refractivity contribution in [2.75, 3.05) is 0 Å². The number of nitrogens with zero attached hydrogens (tertiary/aromatic N) is 2. The van der Waals surface area contributed by atoms with E-state index in [0.29, 0.717) is 5.69 Å². The first-order valence-electron chi connectivity index (χ1n) is 8.47. The van der Waals surface area contributed by atoms with Crippen LogP contribution < -0.4 is 5.32 Å². The van der Waals surface area contributed by atoms with Gasteiger partial charge in [-0.05, 0) is 43.5 Å². The molecule has 2 rings (SSSR count). The molecule has 0 aliphatic rings. The first-order chi connectivity index (χ1) is 12.0. The SMILES string of the molecule is CCCC(NC(=O)C(C#N)=Cc1ccc(C)c(C)n1)c1ccccc1. The number of pyridine rings is 1. The summed E-state index contributed by atoms with van der Waals surface area (Å²) in [5.74, 6) is -0.371. The lowest BCUT2D eigenvalue weighted by molar-refractivity contribution is -0.117. The number of carbonyl (C=O) groups excluding carboxylic acids is 1. The molecule has 0 saturated heterocycles. The monoisotopic (exact) mass is 333 g/mol. The van der Waals surface area contributed by atoms with Crippen LogP contribution in [-0.4, -0.2) is 10.9 Å². The number of nitriles is 1. The molecule has 2 aromatic rings. The maximum atomic E-state index is 12.6. The first-order valence-corrected chi connectivity index (χ1v) is 8.47. The standard InChI is InChI=1S/C21H23N3O/c1-4-8-20(17-9-6-5-7-10-17)24-21(25)18(14-22)13-19-12-11-15(2)16(3)23-19/h5-7,9-13,20H,4,8H2,1-3H3,(H,24,25). The second kappa shape index (κ2) is 8.79. The van der Waals surface area contributed by atoms with Crippen molar-refractivity contribution in [2.24, 2.45) is 0 Å². The molecule has 1 amide bonds. The number of nitrogens with one attached hydrogen (secondary N) is 1. The number of aromatic nitrogens is 1. The predicted molar refractivity (Wildman–Crippen MR) is 99.5 cm³/mol. The number of hydrogen-bond acceptors (Lipinski definition) is 3. The molecule has 1 atom stereocenters.